The van der Waals surface area contributed by atoms with Crippen LogP contribution in [-0.2, 0) is 4.79 Å². The third-order valence-electron chi connectivity index (χ3n) is 1.49. The molecule has 76 valence electrons. The molecular formula is C10H6ClNO3. The molecule has 4 nitrogen and oxygen atoms in total. The minimum Gasteiger partial charge on any atom is -0.478 e. The molecule has 0 saturated heterocycles. The fourth-order valence-electron chi connectivity index (χ4n) is 0.841. The molecule has 0 amide bonds. The predicted molar refractivity (Wildman–Crippen MR) is 53.8 cm³/mol. The van der Waals surface area contributed by atoms with E-state index in [0.29, 0.717) is 11.8 Å². The molecule has 0 aliphatic carbocycles. The monoisotopic (exact) mass is 223 g/mol. The van der Waals surface area contributed by atoms with E-state index >= 15 is 0 Å². The van der Waals surface area contributed by atoms with Crippen molar-refractivity contribution in [1.29, 1.82) is 0 Å². The van der Waals surface area contributed by atoms with Gasteiger partial charge in [0, 0.05) is 6.20 Å². The number of nitrogens with zero attached hydrogens (tertiary/aromatic N) is 1. The van der Waals surface area contributed by atoms with Gasteiger partial charge in [-0.2, -0.15) is 0 Å². The zero-order chi connectivity index (χ0) is 11.3. The average Bonchev–Trinajstić information content (AvgIpc) is 2.20. The topological polar surface area (TPSA) is 67.3 Å². The molecule has 1 aromatic heterocycles. The molecule has 0 bridgehead atoms. The second-order valence-electron chi connectivity index (χ2n) is 2.54. The van der Waals surface area contributed by atoms with Gasteiger partial charge in [0.25, 0.3) is 0 Å². The first-order valence-electron chi connectivity index (χ1n) is 3.96. The average molecular weight is 224 g/mol. The molecule has 0 spiro atoms. The zero-order valence-electron chi connectivity index (χ0n) is 7.53. The third-order valence-corrected chi connectivity index (χ3v) is 1.80. The highest BCUT2D eigenvalue weighted by Crippen LogP contribution is 2.13. The summed E-state index contributed by atoms with van der Waals surface area (Å²) in [5, 5.41) is 8.81. The molecule has 0 aromatic carbocycles. The van der Waals surface area contributed by atoms with Gasteiger partial charge < -0.3 is 9.90 Å². The number of carbonyl (C=O) groups is 2. The van der Waals surface area contributed by atoms with Gasteiger partial charge in [-0.3, -0.25) is 0 Å². The zero-order valence-corrected chi connectivity index (χ0v) is 8.28. The van der Waals surface area contributed by atoms with E-state index in [4.69, 9.17) is 16.7 Å². The first kappa shape index (κ1) is 11.2. The summed E-state index contributed by atoms with van der Waals surface area (Å²) in [5.41, 5.74) is 0.313. The lowest BCUT2D eigenvalue weighted by molar-refractivity contribution is -0.107. The summed E-state index contributed by atoms with van der Waals surface area (Å²) >= 11 is 5.68. The van der Waals surface area contributed by atoms with Gasteiger partial charge in [0.1, 0.15) is 11.4 Å². The number of aromatic nitrogens is 1. The van der Waals surface area contributed by atoms with Gasteiger partial charge in [-0.15, -0.1) is 0 Å². The van der Waals surface area contributed by atoms with Crippen molar-refractivity contribution >= 4 is 23.9 Å². The van der Waals surface area contributed by atoms with Crippen molar-refractivity contribution in [2.75, 3.05) is 0 Å². The van der Waals surface area contributed by atoms with Crippen molar-refractivity contribution in [2.24, 2.45) is 0 Å². The summed E-state index contributed by atoms with van der Waals surface area (Å²) in [6, 6.07) is 1.31. The van der Waals surface area contributed by atoms with Crippen molar-refractivity contribution in [2.45, 2.75) is 6.42 Å². The van der Waals surface area contributed by atoms with Crippen LogP contribution < -0.4 is 0 Å². The minimum absolute atomic E-state index is 0.00908. The van der Waals surface area contributed by atoms with Crippen molar-refractivity contribution in [3.05, 3.63) is 28.5 Å². The van der Waals surface area contributed by atoms with Crippen LogP contribution in [0.3, 0.4) is 0 Å². The molecule has 0 aliphatic rings. The Morgan fingerprint density at radius 2 is 2.40 bits per heavy atom. The number of hydrogen-bond donors (Lipinski definition) is 1. The fourth-order valence-corrected chi connectivity index (χ4v) is 0.991. The first-order valence-corrected chi connectivity index (χ1v) is 4.34. The number of hydrogen-bond acceptors (Lipinski definition) is 3. The smallest absolute Gasteiger partial charge is 0.337 e. The third kappa shape index (κ3) is 3.08. The van der Waals surface area contributed by atoms with Crippen LogP contribution in [-0.4, -0.2) is 22.3 Å². The molecule has 0 aliphatic heterocycles. The maximum absolute atomic E-state index is 10.6. The predicted octanol–water partition coefficient (Wildman–Crippen LogP) is 1.37. The molecule has 0 unspecified atom stereocenters. The summed E-state index contributed by atoms with van der Waals surface area (Å²) in [4.78, 5) is 24.3. The van der Waals surface area contributed by atoms with Crippen molar-refractivity contribution in [3.63, 3.8) is 0 Å². The molecule has 1 aromatic rings. The largest absolute Gasteiger partial charge is 0.478 e. The number of carboxylic acid groups (broad SMARTS) is 1. The molecule has 0 atom stereocenters. The summed E-state index contributed by atoms with van der Waals surface area (Å²) in [6.07, 6.45) is 1.87. The van der Waals surface area contributed by atoms with Gasteiger partial charge in [0.05, 0.1) is 17.5 Å². The van der Waals surface area contributed by atoms with E-state index in [1.807, 2.05) is 0 Å². The molecule has 1 N–H and O–H groups in total. The van der Waals surface area contributed by atoms with Gasteiger partial charge in [0.2, 0.25) is 0 Å². The molecule has 0 saturated carbocycles. The Balaban J connectivity index is 3.07. The summed E-state index contributed by atoms with van der Waals surface area (Å²) in [5.74, 6) is 3.99. The van der Waals surface area contributed by atoms with Crippen LogP contribution in [0.25, 0.3) is 0 Å². The lowest BCUT2D eigenvalue weighted by Gasteiger charge is -1.96. The van der Waals surface area contributed by atoms with Crippen LogP contribution in [0.4, 0.5) is 0 Å². The molecule has 5 heteroatoms. The Hall–Kier alpha value is -1.86. The number of rotatable bonds is 2. The SMILES string of the molecule is O=CCC#Cc1cc(C(=O)O)cnc1Cl. The van der Waals surface area contributed by atoms with Crippen molar-refractivity contribution < 1.29 is 14.7 Å². The Morgan fingerprint density at radius 3 is 3.00 bits per heavy atom. The van der Waals surface area contributed by atoms with E-state index in [1.165, 1.54) is 6.07 Å². The van der Waals surface area contributed by atoms with E-state index in [2.05, 4.69) is 16.8 Å². The van der Waals surface area contributed by atoms with Gasteiger partial charge in [-0.25, -0.2) is 9.78 Å². The van der Waals surface area contributed by atoms with Crippen LogP contribution in [0.5, 0.6) is 0 Å². The molecule has 0 radical (unpaired) electrons. The van der Waals surface area contributed by atoms with Crippen LogP contribution in [0.2, 0.25) is 5.15 Å². The van der Waals surface area contributed by atoms with Gasteiger partial charge in [-0.05, 0) is 6.07 Å². The first-order chi connectivity index (χ1) is 7.15. The Morgan fingerprint density at radius 1 is 1.67 bits per heavy atom. The van der Waals surface area contributed by atoms with E-state index in [-0.39, 0.29) is 17.1 Å². The van der Waals surface area contributed by atoms with Crippen LogP contribution in [0.1, 0.15) is 22.3 Å². The lowest BCUT2D eigenvalue weighted by Crippen LogP contribution is -1.98. The number of halogens is 1. The van der Waals surface area contributed by atoms with E-state index < -0.39 is 5.97 Å². The molecule has 0 fully saturated rings. The molecule has 15 heavy (non-hydrogen) atoms. The lowest BCUT2D eigenvalue weighted by atomic mass is 10.2. The van der Waals surface area contributed by atoms with E-state index in [0.717, 1.165) is 6.20 Å². The number of aromatic carboxylic acids is 1. The Labute approximate surface area is 90.9 Å². The standard InChI is InChI=1S/C10H6ClNO3/c11-9-7(3-1-2-4-13)5-8(6-12-9)10(14)15/h4-6H,2H2,(H,14,15). The highest BCUT2D eigenvalue weighted by molar-refractivity contribution is 6.30. The van der Waals surface area contributed by atoms with Crippen molar-refractivity contribution in [1.82, 2.24) is 4.98 Å². The maximum atomic E-state index is 10.6. The van der Waals surface area contributed by atoms with Crippen LogP contribution in [0, 0.1) is 11.8 Å². The summed E-state index contributed by atoms with van der Waals surface area (Å²) in [6.45, 7) is 0. The summed E-state index contributed by atoms with van der Waals surface area (Å²) < 4.78 is 0. The molecule has 1 heterocycles. The minimum atomic E-state index is -1.10. The van der Waals surface area contributed by atoms with E-state index in [1.54, 1.807) is 0 Å². The number of aldehydes is 1. The van der Waals surface area contributed by atoms with Gasteiger partial charge in [0.15, 0.2) is 0 Å². The number of pyridine rings is 1. The number of carboxylic acids is 1. The van der Waals surface area contributed by atoms with Gasteiger partial charge in [-0.1, -0.05) is 23.4 Å². The van der Waals surface area contributed by atoms with Crippen LogP contribution >= 0.6 is 11.6 Å². The second kappa shape index (κ2) is 5.13. The second-order valence-corrected chi connectivity index (χ2v) is 2.90. The van der Waals surface area contributed by atoms with E-state index in [9.17, 15) is 9.59 Å². The molecule has 1 rings (SSSR count). The Bertz CT molecular complexity index is 459. The highest BCUT2D eigenvalue weighted by atomic mass is 35.5. The summed E-state index contributed by atoms with van der Waals surface area (Å²) in [7, 11) is 0. The number of carbonyl (C=O) groups excluding carboxylic acids is 1. The normalized spacial score (nSPS) is 8.87. The fraction of sp³-hybridized carbons (Fsp3) is 0.100. The highest BCUT2D eigenvalue weighted by Gasteiger charge is 2.06. The Kier molecular flexibility index (Phi) is 3.83. The van der Waals surface area contributed by atoms with Crippen LogP contribution in [0.15, 0.2) is 12.3 Å². The van der Waals surface area contributed by atoms with Gasteiger partial charge >= 0.3 is 5.97 Å². The maximum Gasteiger partial charge on any atom is 0.337 e. The van der Waals surface area contributed by atoms with Crippen molar-refractivity contribution in [3.8, 4) is 11.8 Å². The molecular weight excluding hydrogens is 218 g/mol. The quantitative estimate of drug-likeness (QED) is 0.467.